The van der Waals surface area contributed by atoms with Crippen molar-refractivity contribution in [1.82, 2.24) is 9.78 Å². The van der Waals surface area contributed by atoms with Crippen LogP contribution in [0.15, 0.2) is 78.9 Å². The highest BCUT2D eigenvalue weighted by atomic mass is 16.5. The number of phenolic OH excluding ortho intramolecular Hbond substituents is 1. The third kappa shape index (κ3) is 3.75. The molecule has 0 radical (unpaired) electrons. The van der Waals surface area contributed by atoms with E-state index in [4.69, 9.17) is 9.84 Å². The van der Waals surface area contributed by atoms with Crippen LogP contribution in [0.25, 0.3) is 11.1 Å². The lowest BCUT2D eigenvalue weighted by molar-refractivity contribution is 0.462. The van der Waals surface area contributed by atoms with E-state index in [-0.39, 0.29) is 0 Å². The molecule has 5 nitrogen and oxygen atoms in total. The molecule has 5 heteroatoms. The van der Waals surface area contributed by atoms with Crippen molar-refractivity contribution in [2.45, 2.75) is 26.4 Å². The van der Waals surface area contributed by atoms with Crippen molar-refractivity contribution in [3.63, 3.8) is 0 Å². The Kier molecular flexibility index (Phi) is 5.08. The monoisotopic (exact) mass is 411 g/mol. The fourth-order valence-electron chi connectivity index (χ4n) is 4.26. The van der Waals surface area contributed by atoms with Crippen LogP contribution in [0, 0.1) is 6.92 Å². The Morgan fingerprint density at radius 1 is 0.903 bits per heavy atom. The molecule has 0 amide bonds. The van der Waals surface area contributed by atoms with Crippen molar-refractivity contribution < 1.29 is 9.84 Å². The topological polar surface area (TPSA) is 50.5 Å². The summed E-state index contributed by atoms with van der Waals surface area (Å²) < 4.78 is 8.35. The van der Waals surface area contributed by atoms with E-state index >= 15 is 0 Å². The number of benzene rings is 3. The van der Waals surface area contributed by atoms with E-state index in [1.807, 2.05) is 66.7 Å². The van der Waals surface area contributed by atoms with Crippen LogP contribution in [0.4, 0.5) is 5.82 Å². The summed E-state index contributed by atoms with van der Waals surface area (Å²) in [5, 5.41) is 15.2. The molecule has 0 atom stereocenters. The molecule has 0 saturated carbocycles. The molecule has 1 aliphatic rings. The minimum atomic E-state index is 0.324. The minimum Gasteiger partial charge on any atom is -0.508 e. The lowest BCUT2D eigenvalue weighted by Gasteiger charge is -2.31. The van der Waals surface area contributed by atoms with E-state index in [9.17, 15) is 5.11 Å². The minimum absolute atomic E-state index is 0.324. The number of nitrogens with zero attached hydrogens (tertiary/aromatic N) is 3. The third-order valence-electron chi connectivity index (χ3n) is 5.68. The lowest BCUT2D eigenvalue weighted by atomic mass is 10.0. The van der Waals surface area contributed by atoms with Crippen LogP contribution in [0.1, 0.15) is 17.7 Å². The number of fused-ring (bicyclic) bond motifs is 1. The molecule has 1 N–H and O–H groups in total. The van der Waals surface area contributed by atoms with Gasteiger partial charge in [0.05, 0.1) is 11.3 Å². The second kappa shape index (κ2) is 8.19. The van der Waals surface area contributed by atoms with E-state index in [0.717, 1.165) is 59.2 Å². The van der Waals surface area contributed by atoms with Crippen molar-refractivity contribution >= 4 is 5.82 Å². The van der Waals surface area contributed by atoms with Gasteiger partial charge in [0.25, 0.3) is 0 Å². The SMILES string of the molecule is Cc1nn2c(c1-c1ccccc1Oc1ccccc1)N(Cc1ccccc1O)CCC2. The molecule has 0 saturated heterocycles. The molecule has 0 bridgehead atoms. The molecular weight excluding hydrogens is 386 g/mol. The fourth-order valence-corrected chi connectivity index (χ4v) is 4.26. The van der Waals surface area contributed by atoms with Crippen LogP contribution in [-0.2, 0) is 13.1 Å². The summed E-state index contributed by atoms with van der Waals surface area (Å²) in [6.07, 6.45) is 1.02. The van der Waals surface area contributed by atoms with Crippen LogP contribution < -0.4 is 9.64 Å². The molecule has 1 aliphatic heterocycles. The highest BCUT2D eigenvalue weighted by Gasteiger charge is 2.27. The highest BCUT2D eigenvalue weighted by Crippen LogP contribution is 2.42. The Hall–Kier alpha value is -3.73. The molecule has 31 heavy (non-hydrogen) atoms. The molecule has 156 valence electrons. The Bertz CT molecular complexity index is 1200. The number of phenols is 1. The predicted molar refractivity (Wildman–Crippen MR) is 123 cm³/mol. The van der Waals surface area contributed by atoms with Crippen molar-refractivity contribution in [3.05, 3.63) is 90.1 Å². The zero-order chi connectivity index (χ0) is 21.2. The van der Waals surface area contributed by atoms with Crippen LogP contribution in [-0.4, -0.2) is 21.4 Å². The summed E-state index contributed by atoms with van der Waals surface area (Å²) in [5.74, 6) is 3.02. The number of aromatic hydroxyl groups is 1. The molecule has 2 heterocycles. The van der Waals surface area contributed by atoms with Crippen molar-refractivity contribution in [2.75, 3.05) is 11.4 Å². The van der Waals surface area contributed by atoms with Crippen molar-refractivity contribution in [1.29, 1.82) is 0 Å². The van der Waals surface area contributed by atoms with E-state index in [0.29, 0.717) is 12.3 Å². The van der Waals surface area contributed by atoms with Crippen LogP contribution in [0.3, 0.4) is 0 Å². The molecule has 0 fully saturated rings. The number of anilines is 1. The highest BCUT2D eigenvalue weighted by molar-refractivity contribution is 5.83. The van der Waals surface area contributed by atoms with Gasteiger partial charge in [0, 0.05) is 30.8 Å². The Labute approximate surface area is 182 Å². The molecule has 4 aromatic rings. The summed E-state index contributed by atoms with van der Waals surface area (Å²) in [6.45, 7) is 4.48. The smallest absolute Gasteiger partial charge is 0.135 e. The first-order valence-electron chi connectivity index (χ1n) is 10.6. The zero-order valence-electron chi connectivity index (χ0n) is 17.5. The fraction of sp³-hybridized carbons (Fsp3) is 0.192. The normalized spacial score (nSPS) is 13.1. The van der Waals surface area contributed by atoms with Gasteiger partial charge in [-0.3, -0.25) is 0 Å². The molecule has 0 aliphatic carbocycles. The van der Waals surface area contributed by atoms with E-state index in [2.05, 4.69) is 22.6 Å². The van der Waals surface area contributed by atoms with Gasteiger partial charge in [0.15, 0.2) is 0 Å². The van der Waals surface area contributed by atoms with Crippen molar-refractivity contribution in [3.8, 4) is 28.4 Å². The standard InChI is InChI=1S/C26H25N3O2/c1-19-25(22-13-6-8-15-24(22)31-21-11-3-2-4-12-21)26-28(16-9-17-29(26)27-19)18-20-10-5-7-14-23(20)30/h2-8,10-15,30H,9,16-18H2,1H3. The summed E-state index contributed by atoms with van der Waals surface area (Å²) in [7, 11) is 0. The third-order valence-corrected chi connectivity index (χ3v) is 5.68. The maximum atomic E-state index is 10.3. The first-order valence-corrected chi connectivity index (χ1v) is 10.6. The molecule has 3 aromatic carbocycles. The van der Waals surface area contributed by atoms with Gasteiger partial charge in [0.2, 0.25) is 0 Å². The number of hydrogen-bond acceptors (Lipinski definition) is 4. The largest absolute Gasteiger partial charge is 0.508 e. The molecule has 0 spiro atoms. The second-order valence-corrected chi connectivity index (χ2v) is 7.82. The Morgan fingerprint density at radius 2 is 1.65 bits per heavy atom. The summed E-state index contributed by atoms with van der Waals surface area (Å²) in [5.41, 5.74) is 3.99. The van der Waals surface area contributed by atoms with Gasteiger partial charge in [0.1, 0.15) is 23.1 Å². The number of para-hydroxylation sites is 3. The molecular formula is C26H25N3O2. The molecule has 5 rings (SSSR count). The van der Waals surface area contributed by atoms with Gasteiger partial charge < -0.3 is 14.7 Å². The van der Waals surface area contributed by atoms with Gasteiger partial charge in [-0.1, -0.05) is 54.6 Å². The van der Waals surface area contributed by atoms with Crippen LogP contribution in [0.5, 0.6) is 17.2 Å². The maximum Gasteiger partial charge on any atom is 0.135 e. The van der Waals surface area contributed by atoms with Gasteiger partial charge in [-0.25, -0.2) is 4.68 Å². The number of aromatic nitrogens is 2. The Morgan fingerprint density at radius 3 is 2.48 bits per heavy atom. The quantitative estimate of drug-likeness (QED) is 0.453. The van der Waals surface area contributed by atoms with Gasteiger partial charge in [-0.15, -0.1) is 0 Å². The van der Waals surface area contributed by atoms with Gasteiger partial charge in [-0.05, 0) is 37.6 Å². The van der Waals surface area contributed by atoms with E-state index in [1.54, 1.807) is 6.07 Å². The van der Waals surface area contributed by atoms with Crippen LogP contribution in [0.2, 0.25) is 0 Å². The average Bonchev–Trinajstić information content (AvgIpc) is 3.13. The Balaban J connectivity index is 1.58. The van der Waals surface area contributed by atoms with Gasteiger partial charge >= 0.3 is 0 Å². The number of ether oxygens (including phenoxy) is 1. The summed E-state index contributed by atoms with van der Waals surface area (Å²) >= 11 is 0. The number of rotatable bonds is 5. The molecule has 1 aromatic heterocycles. The van der Waals surface area contributed by atoms with Gasteiger partial charge in [-0.2, -0.15) is 5.10 Å². The first-order chi connectivity index (χ1) is 15.2. The van der Waals surface area contributed by atoms with Crippen molar-refractivity contribution in [2.24, 2.45) is 0 Å². The second-order valence-electron chi connectivity index (χ2n) is 7.82. The summed E-state index contributed by atoms with van der Waals surface area (Å²) in [4.78, 5) is 2.31. The van der Waals surface area contributed by atoms with E-state index < -0.39 is 0 Å². The maximum absolute atomic E-state index is 10.3. The summed E-state index contributed by atoms with van der Waals surface area (Å²) in [6, 6.07) is 25.5. The van der Waals surface area contributed by atoms with E-state index in [1.165, 1.54) is 0 Å². The number of aryl methyl sites for hydroxylation is 2. The molecule has 0 unspecified atom stereocenters. The first kappa shape index (κ1) is 19.2. The predicted octanol–water partition coefficient (Wildman–Crippen LogP) is 5.77. The zero-order valence-corrected chi connectivity index (χ0v) is 17.5. The average molecular weight is 412 g/mol. The lowest BCUT2D eigenvalue weighted by Crippen LogP contribution is -2.32. The number of hydrogen-bond donors (Lipinski definition) is 1. The van der Waals surface area contributed by atoms with Crippen LogP contribution >= 0.6 is 0 Å².